The molecule has 5 nitrogen and oxygen atoms in total. The minimum atomic E-state index is -0.395. The molecule has 0 aliphatic carbocycles. The molecule has 1 N–H and O–H groups in total. The van der Waals surface area contributed by atoms with E-state index in [-0.39, 0.29) is 18.7 Å². The Bertz CT molecular complexity index is 948. The maximum absolute atomic E-state index is 11.9. The summed E-state index contributed by atoms with van der Waals surface area (Å²) in [5.41, 5.74) is 4.91. The zero-order valence-electron chi connectivity index (χ0n) is 15.2. The molecular weight excluding hydrogens is 360 g/mol. The number of esters is 1. The second-order valence-corrected chi connectivity index (χ2v) is 6.91. The van der Waals surface area contributed by atoms with Crippen molar-refractivity contribution in [1.82, 2.24) is 4.98 Å². The van der Waals surface area contributed by atoms with Gasteiger partial charge in [0.2, 0.25) is 5.91 Å². The lowest BCUT2D eigenvalue weighted by molar-refractivity contribution is -0.141. The summed E-state index contributed by atoms with van der Waals surface area (Å²) in [5, 5.41) is 5.80. The van der Waals surface area contributed by atoms with Crippen LogP contribution in [0.3, 0.4) is 0 Å². The number of hydrogen-bond donors (Lipinski definition) is 1. The minimum absolute atomic E-state index is 0.0704. The summed E-state index contributed by atoms with van der Waals surface area (Å²) >= 11 is 1.61. The molecule has 3 aromatic rings. The quantitative estimate of drug-likeness (QED) is 0.631. The molecule has 2 aromatic carbocycles. The first kappa shape index (κ1) is 18.8. The van der Waals surface area contributed by atoms with Gasteiger partial charge in [0.1, 0.15) is 5.01 Å². The lowest BCUT2D eigenvalue weighted by Gasteiger charge is -2.05. The molecule has 0 unspecified atom stereocenters. The summed E-state index contributed by atoms with van der Waals surface area (Å²) in [6.07, 6.45) is 0.168. The zero-order valence-corrected chi connectivity index (χ0v) is 16.0. The number of anilines is 1. The molecule has 0 aliphatic heterocycles. The number of carbonyl (C=O) groups excluding carboxylic acids is 2. The van der Waals surface area contributed by atoms with E-state index < -0.39 is 5.97 Å². The number of aromatic nitrogens is 1. The fourth-order valence-corrected chi connectivity index (χ4v) is 3.53. The maximum atomic E-state index is 11.9. The van der Waals surface area contributed by atoms with E-state index in [1.165, 1.54) is 12.7 Å². The third kappa shape index (κ3) is 4.80. The fraction of sp³-hybridized carbons (Fsp3) is 0.190. The molecule has 0 radical (unpaired) electrons. The van der Waals surface area contributed by atoms with Crippen LogP contribution in [-0.2, 0) is 14.3 Å². The third-order valence-electron chi connectivity index (χ3n) is 4.13. The topological polar surface area (TPSA) is 68.3 Å². The average molecular weight is 380 g/mol. The van der Waals surface area contributed by atoms with Gasteiger partial charge in [0, 0.05) is 28.6 Å². The van der Waals surface area contributed by atoms with E-state index >= 15 is 0 Å². The van der Waals surface area contributed by atoms with Crippen molar-refractivity contribution in [2.24, 2.45) is 0 Å². The van der Waals surface area contributed by atoms with E-state index in [0.717, 1.165) is 21.8 Å². The molecule has 0 aliphatic rings. The first-order valence-electron chi connectivity index (χ1n) is 8.55. The highest BCUT2D eigenvalue weighted by molar-refractivity contribution is 7.13. The molecule has 0 saturated carbocycles. The molecule has 0 saturated heterocycles. The van der Waals surface area contributed by atoms with Crippen molar-refractivity contribution in [2.75, 3.05) is 12.4 Å². The van der Waals surface area contributed by atoms with Crippen molar-refractivity contribution in [3.05, 3.63) is 59.5 Å². The number of hydrogen-bond acceptors (Lipinski definition) is 5. The van der Waals surface area contributed by atoms with Crippen LogP contribution < -0.4 is 5.32 Å². The largest absolute Gasteiger partial charge is 0.469 e. The molecule has 6 heteroatoms. The van der Waals surface area contributed by atoms with Crippen molar-refractivity contribution in [3.63, 3.8) is 0 Å². The number of nitrogens with zero attached hydrogens (tertiary/aromatic N) is 1. The molecule has 138 valence electrons. The molecule has 1 aromatic heterocycles. The SMILES string of the molecule is COC(=O)CCC(=O)Nc1ccc(-c2csc(-c3ccccc3C)n2)cc1. The summed E-state index contributed by atoms with van der Waals surface area (Å²) in [4.78, 5) is 27.7. The van der Waals surface area contributed by atoms with Crippen molar-refractivity contribution < 1.29 is 14.3 Å². The number of benzene rings is 2. The molecule has 27 heavy (non-hydrogen) atoms. The number of carbonyl (C=O) groups is 2. The van der Waals surface area contributed by atoms with E-state index in [1.54, 1.807) is 11.3 Å². The number of rotatable bonds is 6. The molecule has 1 amide bonds. The summed E-state index contributed by atoms with van der Waals surface area (Å²) in [6, 6.07) is 15.7. The molecule has 0 atom stereocenters. The van der Waals surface area contributed by atoms with Crippen LogP contribution in [0.25, 0.3) is 21.8 Å². The highest BCUT2D eigenvalue weighted by atomic mass is 32.1. The Morgan fingerprint density at radius 1 is 1.07 bits per heavy atom. The Morgan fingerprint density at radius 2 is 1.81 bits per heavy atom. The second kappa shape index (κ2) is 8.60. The summed E-state index contributed by atoms with van der Waals surface area (Å²) in [5.74, 6) is -0.614. The van der Waals surface area contributed by atoms with E-state index in [4.69, 9.17) is 4.98 Å². The highest BCUT2D eigenvalue weighted by Gasteiger charge is 2.10. The fourth-order valence-electron chi connectivity index (χ4n) is 2.61. The predicted molar refractivity (Wildman–Crippen MR) is 108 cm³/mol. The Kier molecular flexibility index (Phi) is 5.98. The van der Waals surface area contributed by atoms with Gasteiger partial charge < -0.3 is 10.1 Å². The third-order valence-corrected chi connectivity index (χ3v) is 5.00. The van der Waals surface area contributed by atoms with E-state index in [0.29, 0.717) is 5.69 Å². The van der Waals surface area contributed by atoms with E-state index in [2.05, 4.69) is 29.1 Å². The average Bonchev–Trinajstić information content (AvgIpc) is 3.17. The lowest BCUT2D eigenvalue weighted by atomic mass is 10.1. The van der Waals surface area contributed by atoms with Gasteiger partial charge in [-0.3, -0.25) is 9.59 Å². The van der Waals surface area contributed by atoms with Crippen molar-refractivity contribution in [2.45, 2.75) is 19.8 Å². The smallest absolute Gasteiger partial charge is 0.306 e. The highest BCUT2D eigenvalue weighted by Crippen LogP contribution is 2.31. The van der Waals surface area contributed by atoms with Crippen LogP contribution >= 0.6 is 11.3 Å². The first-order chi connectivity index (χ1) is 13.1. The number of ether oxygens (including phenoxy) is 1. The van der Waals surface area contributed by atoms with Crippen LogP contribution in [0, 0.1) is 6.92 Å². The van der Waals surface area contributed by atoms with Crippen LogP contribution in [0.1, 0.15) is 18.4 Å². The second-order valence-electron chi connectivity index (χ2n) is 6.05. The van der Waals surface area contributed by atoms with Crippen molar-refractivity contribution in [3.8, 4) is 21.8 Å². The van der Waals surface area contributed by atoms with Gasteiger partial charge in [0.05, 0.1) is 19.2 Å². The molecule has 3 rings (SSSR count). The Labute approximate surface area is 162 Å². The first-order valence-corrected chi connectivity index (χ1v) is 9.43. The minimum Gasteiger partial charge on any atom is -0.469 e. The maximum Gasteiger partial charge on any atom is 0.306 e. The van der Waals surface area contributed by atoms with Gasteiger partial charge in [-0.25, -0.2) is 4.98 Å². The number of aryl methyl sites for hydroxylation is 1. The molecule has 0 spiro atoms. The number of amides is 1. The number of methoxy groups -OCH3 is 1. The summed E-state index contributed by atoms with van der Waals surface area (Å²) in [7, 11) is 1.31. The van der Waals surface area contributed by atoms with Crippen LogP contribution in [0.2, 0.25) is 0 Å². The van der Waals surface area contributed by atoms with Gasteiger partial charge >= 0.3 is 5.97 Å². The summed E-state index contributed by atoms with van der Waals surface area (Å²) in [6.45, 7) is 2.08. The van der Waals surface area contributed by atoms with Gasteiger partial charge in [-0.2, -0.15) is 0 Å². The molecule has 0 fully saturated rings. The standard InChI is InChI=1S/C21H20N2O3S/c1-14-5-3-4-6-17(14)21-23-18(13-27-21)15-7-9-16(10-8-15)22-19(24)11-12-20(25)26-2/h3-10,13H,11-12H2,1-2H3,(H,22,24). The Balaban J connectivity index is 1.67. The van der Waals surface area contributed by atoms with E-state index in [9.17, 15) is 9.59 Å². The van der Waals surface area contributed by atoms with Crippen LogP contribution in [-0.4, -0.2) is 24.0 Å². The number of nitrogens with one attached hydrogen (secondary N) is 1. The van der Waals surface area contributed by atoms with Crippen LogP contribution in [0.5, 0.6) is 0 Å². The number of thiazole rings is 1. The Hall–Kier alpha value is -2.99. The summed E-state index contributed by atoms with van der Waals surface area (Å²) < 4.78 is 4.53. The van der Waals surface area contributed by atoms with Gasteiger partial charge in [-0.05, 0) is 24.6 Å². The lowest BCUT2D eigenvalue weighted by Crippen LogP contribution is -2.13. The monoisotopic (exact) mass is 380 g/mol. The van der Waals surface area contributed by atoms with Crippen LogP contribution in [0.15, 0.2) is 53.9 Å². The normalized spacial score (nSPS) is 10.4. The molecule has 1 heterocycles. The zero-order chi connectivity index (χ0) is 19.2. The predicted octanol–water partition coefficient (Wildman–Crippen LogP) is 4.68. The van der Waals surface area contributed by atoms with Crippen molar-refractivity contribution in [1.29, 1.82) is 0 Å². The Morgan fingerprint density at radius 3 is 2.52 bits per heavy atom. The molecular formula is C21H20N2O3S. The van der Waals surface area contributed by atoms with Gasteiger partial charge in [-0.1, -0.05) is 36.4 Å². The van der Waals surface area contributed by atoms with Gasteiger partial charge in [0.15, 0.2) is 0 Å². The van der Waals surface area contributed by atoms with Gasteiger partial charge in [0.25, 0.3) is 0 Å². The molecule has 0 bridgehead atoms. The van der Waals surface area contributed by atoms with Gasteiger partial charge in [-0.15, -0.1) is 11.3 Å². The van der Waals surface area contributed by atoms with Crippen LogP contribution in [0.4, 0.5) is 5.69 Å². The van der Waals surface area contributed by atoms with E-state index in [1.807, 2.05) is 41.8 Å². The van der Waals surface area contributed by atoms with Crippen molar-refractivity contribution >= 4 is 28.9 Å².